The molecule has 0 radical (unpaired) electrons. The second-order valence-corrected chi connectivity index (χ2v) is 4.87. The molecule has 0 aliphatic carbocycles. The number of nitrogens with zero attached hydrogens (tertiary/aromatic N) is 1. The van der Waals surface area contributed by atoms with Gasteiger partial charge in [0.25, 0.3) is 0 Å². The third-order valence-corrected chi connectivity index (χ3v) is 3.07. The highest BCUT2D eigenvalue weighted by Crippen LogP contribution is 2.35. The van der Waals surface area contributed by atoms with Crippen LogP contribution in [0.3, 0.4) is 0 Å². The molecular weight excluding hydrogens is 269 g/mol. The summed E-state index contributed by atoms with van der Waals surface area (Å²) in [4.78, 5) is 3.84. The minimum atomic E-state index is -4.36. The molecular formula is C14H21F3N2O. The van der Waals surface area contributed by atoms with Crippen LogP contribution in [0.1, 0.15) is 37.4 Å². The Balaban J connectivity index is 3.02. The van der Waals surface area contributed by atoms with Gasteiger partial charge in [0.05, 0.1) is 5.56 Å². The van der Waals surface area contributed by atoms with Crippen LogP contribution in [0.2, 0.25) is 0 Å². The van der Waals surface area contributed by atoms with Crippen molar-refractivity contribution < 1.29 is 17.9 Å². The van der Waals surface area contributed by atoms with Gasteiger partial charge in [-0.05, 0) is 30.5 Å². The molecule has 1 aromatic rings. The molecule has 6 heteroatoms. The van der Waals surface area contributed by atoms with Gasteiger partial charge < -0.3 is 10.1 Å². The molecule has 0 aliphatic rings. The fraction of sp³-hybridized carbons (Fsp3) is 0.643. The molecule has 1 N–H and O–H groups in total. The SMILES string of the molecule is CCNC(CC(C)COC)c1cnccc1C(F)(F)F. The number of pyridine rings is 1. The fourth-order valence-corrected chi connectivity index (χ4v) is 2.26. The number of nitrogens with one attached hydrogen (secondary N) is 1. The Hall–Kier alpha value is -1.14. The normalized spacial score (nSPS) is 15.1. The number of hydrogen-bond donors (Lipinski definition) is 1. The van der Waals surface area contributed by atoms with Crippen LogP contribution >= 0.6 is 0 Å². The van der Waals surface area contributed by atoms with E-state index in [9.17, 15) is 13.2 Å². The van der Waals surface area contributed by atoms with Crippen LogP contribution in [0.15, 0.2) is 18.5 Å². The third kappa shape index (κ3) is 4.76. The molecule has 3 nitrogen and oxygen atoms in total. The summed E-state index contributed by atoms with van der Waals surface area (Å²) in [5.74, 6) is 0.158. The molecule has 20 heavy (non-hydrogen) atoms. The minimum absolute atomic E-state index is 0.158. The summed E-state index contributed by atoms with van der Waals surface area (Å²) < 4.78 is 44.2. The molecule has 0 spiro atoms. The first-order valence-electron chi connectivity index (χ1n) is 6.63. The number of halogens is 3. The summed E-state index contributed by atoms with van der Waals surface area (Å²) in [7, 11) is 1.59. The highest BCUT2D eigenvalue weighted by molar-refractivity contribution is 5.29. The maximum atomic E-state index is 13.1. The predicted octanol–water partition coefficient (Wildman–Crippen LogP) is 3.42. The van der Waals surface area contributed by atoms with E-state index in [1.165, 1.54) is 12.4 Å². The Morgan fingerprint density at radius 3 is 2.65 bits per heavy atom. The minimum Gasteiger partial charge on any atom is -0.384 e. The van der Waals surface area contributed by atoms with Crippen molar-refractivity contribution in [2.24, 2.45) is 5.92 Å². The van der Waals surface area contributed by atoms with Crippen LogP contribution in [0.25, 0.3) is 0 Å². The molecule has 2 unspecified atom stereocenters. The maximum absolute atomic E-state index is 13.1. The van der Waals surface area contributed by atoms with Crippen molar-refractivity contribution in [2.45, 2.75) is 32.5 Å². The summed E-state index contributed by atoms with van der Waals surface area (Å²) >= 11 is 0. The van der Waals surface area contributed by atoms with Crippen LogP contribution in [0.5, 0.6) is 0 Å². The van der Waals surface area contributed by atoms with Crippen molar-refractivity contribution in [3.63, 3.8) is 0 Å². The Labute approximate surface area is 117 Å². The zero-order valence-corrected chi connectivity index (χ0v) is 12.0. The quantitative estimate of drug-likeness (QED) is 0.835. The van der Waals surface area contributed by atoms with Crippen LogP contribution in [-0.4, -0.2) is 25.2 Å². The molecule has 0 saturated heterocycles. The van der Waals surface area contributed by atoms with Crippen molar-refractivity contribution in [3.8, 4) is 0 Å². The van der Waals surface area contributed by atoms with Crippen molar-refractivity contribution in [2.75, 3.05) is 20.3 Å². The summed E-state index contributed by atoms with van der Waals surface area (Å²) in [5.41, 5.74) is -0.423. The lowest BCUT2D eigenvalue weighted by Gasteiger charge is -2.24. The number of hydrogen-bond acceptors (Lipinski definition) is 3. The average Bonchev–Trinajstić information content (AvgIpc) is 2.37. The molecule has 0 fully saturated rings. The van der Waals surface area contributed by atoms with Crippen LogP contribution in [-0.2, 0) is 10.9 Å². The molecule has 114 valence electrons. The van der Waals surface area contributed by atoms with E-state index in [4.69, 9.17) is 4.74 Å². The zero-order chi connectivity index (χ0) is 15.2. The van der Waals surface area contributed by atoms with Gasteiger partial charge in [-0.25, -0.2) is 0 Å². The fourth-order valence-electron chi connectivity index (χ4n) is 2.26. The Morgan fingerprint density at radius 2 is 2.10 bits per heavy atom. The number of aromatic nitrogens is 1. The lowest BCUT2D eigenvalue weighted by Crippen LogP contribution is -2.26. The monoisotopic (exact) mass is 290 g/mol. The van der Waals surface area contributed by atoms with Crippen molar-refractivity contribution >= 4 is 0 Å². The van der Waals surface area contributed by atoms with Gasteiger partial charge in [0.1, 0.15) is 0 Å². The van der Waals surface area contributed by atoms with E-state index in [0.29, 0.717) is 19.6 Å². The van der Waals surface area contributed by atoms with E-state index >= 15 is 0 Å². The highest BCUT2D eigenvalue weighted by atomic mass is 19.4. The van der Waals surface area contributed by atoms with Crippen LogP contribution in [0, 0.1) is 5.92 Å². The standard InChI is InChI=1S/C14H21F3N2O/c1-4-19-13(7-10(2)9-20-3)11-8-18-6-5-12(11)14(15,16)17/h5-6,8,10,13,19H,4,7,9H2,1-3H3. The van der Waals surface area contributed by atoms with Gasteiger partial charge >= 0.3 is 6.18 Å². The maximum Gasteiger partial charge on any atom is 0.416 e. The van der Waals surface area contributed by atoms with Crippen molar-refractivity contribution in [1.82, 2.24) is 10.3 Å². The summed E-state index contributed by atoms with van der Waals surface area (Å²) in [6.45, 7) is 4.94. The molecule has 1 rings (SSSR count). The highest BCUT2D eigenvalue weighted by Gasteiger charge is 2.35. The van der Waals surface area contributed by atoms with E-state index in [0.717, 1.165) is 6.07 Å². The molecule has 2 atom stereocenters. The number of ether oxygens (including phenoxy) is 1. The predicted molar refractivity (Wildman–Crippen MR) is 71.3 cm³/mol. The molecule has 1 heterocycles. The molecule has 1 aromatic heterocycles. The summed E-state index contributed by atoms with van der Waals surface area (Å²) in [6, 6.07) is 0.649. The van der Waals surface area contributed by atoms with Gasteiger partial charge in [0.2, 0.25) is 0 Å². The Kier molecular flexibility index (Phi) is 6.42. The molecule has 0 aromatic carbocycles. The summed E-state index contributed by atoms with van der Waals surface area (Å²) in [6.07, 6.45) is -1.32. The van der Waals surface area contributed by atoms with Crippen molar-refractivity contribution in [1.29, 1.82) is 0 Å². The van der Waals surface area contributed by atoms with E-state index < -0.39 is 11.7 Å². The third-order valence-electron chi connectivity index (χ3n) is 3.07. The van der Waals surface area contributed by atoms with Gasteiger partial charge in [-0.2, -0.15) is 13.2 Å². The first-order valence-corrected chi connectivity index (χ1v) is 6.63. The Bertz CT molecular complexity index is 410. The first-order chi connectivity index (χ1) is 9.40. The largest absolute Gasteiger partial charge is 0.416 e. The lowest BCUT2D eigenvalue weighted by molar-refractivity contribution is -0.138. The van der Waals surface area contributed by atoms with E-state index in [-0.39, 0.29) is 17.5 Å². The second kappa shape index (κ2) is 7.59. The zero-order valence-electron chi connectivity index (χ0n) is 12.0. The first kappa shape index (κ1) is 16.9. The van der Waals surface area contributed by atoms with Crippen LogP contribution < -0.4 is 5.32 Å². The lowest BCUT2D eigenvalue weighted by atomic mass is 9.94. The van der Waals surface area contributed by atoms with Crippen molar-refractivity contribution in [3.05, 3.63) is 29.6 Å². The van der Waals surface area contributed by atoms with Gasteiger partial charge in [-0.15, -0.1) is 0 Å². The molecule has 0 aliphatic heterocycles. The Morgan fingerprint density at radius 1 is 1.40 bits per heavy atom. The van der Waals surface area contributed by atoms with Gasteiger partial charge in [0, 0.05) is 32.2 Å². The average molecular weight is 290 g/mol. The number of methoxy groups -OCH3 is 1. The van der Waals surface area contributed by atoms with E-state index in [2.05, 4.69) is 10.3 Å². The summed E-state index contributed by atoms with van der Waals surface area (Å²) in [5, 5.41) is 3.11. The number of alkyl halides is 3. The second-order valence-electron chi connectivity index (χ2n) is 4.87. The van der Waals surface area contributed by atoms with Gasteiger partial charge in [-0.3, -0.25) is 4.98 Å². The van der Waals surface area contributed by atoms with Gasteiger partial charge in [-0.1, -0.05) is 13.8 Å². The molecule has 0 amide bonds. The van der Waals surface area contributed by atoms with E-state index in [1.54, 1.807) is 7.11 Å². The number of rotatable bonds is 7. The topological polar surface area (TPSA) is 34.1 Å². The smallest absolute Gasteiger partial charge is 0.384 e. The van der Waals surface area contributed by atoms with Crippen LogP contribution in [0.4, 0.5) is 13.2 Å². The molecule has 0 bridgehead atoms. The van der Waals surface area contributed by atoms with Gasteiger partial charge in [0.15, 0.2) is 0 Å². The molecule has 0 saturated carbocycles. The van der Waals surface area contributed by atoms with E-state index in [1.807, 2.05) is 13.8 Å².